The minimum Gasteiger partial charge on any atom is -0.494 e. The van der Waals surface area contributed by atoms with Gasteiger partial charge >= 0.3 is 0 Å². The van der Waals surface area contributed by atoms with Crippen LogP contribution in [0.25, 0.3) is 0 Å². The zero-order valence-corrected chi connectivity index (χ0v) is 15.1. The van der Waals surface area contributed by atoms with Gasteiger partial charge in [-0.05, 0) is 19.9 Å². The quantitative estimate of drug-likeness (QED) is 0.436. The van der Waals surface area contributed by atoms with Crippen LogP contribution in [0.2, 0.25) is 0 Å². The maximum Gasteiger partial charge on any atom is 0.192 e. The predicted octanol–water partition coefficient (Wildman–Crippen LogP) is 1.94. The molecular formula is C18H26N6O. The Morgan fingerprint density at radius 1 is 1.32 bits per heavy atom. The molecule has 1 aromatic heterocycles. The number of nitrogens with one attached hydrogen (secondary N) is 2. The third-order valence-electron chi connectivity index (χ3n) is 3.69. The van der Waals surface area contributed by atoms with Gasteiger partial charge in [0.25, 0.3) is 0 Å². The Morgan fingerprint density at radius 2 is 2.12 bits per heavy atom. The van der Waals surface area contributed by atoms with Crippen LogP contribution in [-0.4, -0.2) is 33.9 Å². The van der Waals surface area contributed by atoms with Crippen molar-refractivity contribution in [1.29, 1.82) is 0 Å². The number of hydrogen-bond acceptors (Lipinski definition) is 4. The molecule has 7 nitrogen and oxygen atoms in total. The number of benzene rings is 1. The number of guanidine groups is 1. The number of hydrogen-bond donors (Lipinski definition) is 2. The molecule has 0 fully saturated rings. The Hall–Kier alpha value is -2.83. The van der Waals surface area contributed by atoms with Gasteiger partial charge < -0.3 is 19.9 Å². The molecule has 0 aliphatic rings. The number of aryl methyl sites for hydroxylation is 1. The molecular weight excluding hydrogens is 316 g/mol. The van der Waals surface area contributed by atoms with Gasteiger partial charge in [0, 0.05) is 19.2 Å². The molecule has 0 atom stereocenters. The number of ether oxygens (including phenoxy) is 1. The molecule has 1 heterocycles. The van der Waals surface area contributed by atoms with Crippen LogP contribution < -0.4 is 15.4 Å². The molecule has 0 aliphatic heterocycles. The monoisotopic (exact) mass is 342 g/mol. The fourth-order valence-corrected chi connectivity index (χ4v) is 2.21. The Morgan fingerprint density at radius 3 is 2.80 bits per heavy atom. The summed E-state index contributed by atoms with van der Waals surface area (Å²) in [6.07, 6.45) is 1.79. The minimum absolute atomic E-state index is 0.514. The molecule has 2 aromatic rings. The highest BCUT2D eigenvalue weighted by Crippen LogP contribution is 2.18. The van der Waals surface area contributed by atoms with Crippen molar-refractivity contribution in [2.45, 2.75) is 26.9 Å². The SMILES string of the molecule is C=CCNC(=NCc1ccccc1OCC)NCc1nnc(C)n1C. The summed E-state index contributed by atoms with van der Waals surface area (Å²) in [4.78, 5) is 4.64. The maximum atomic E-state index is 5.65. The highest BCUT2D eigenvalue weighted by atomic mass is 16.5. The van der Waals surface area contributed by atoms with Gasteiger partial charge in [0.05, 0.1) is 19.7 Å². The Balaban J connectivity index is 2.06. The summed E-state index contributed by atoms with van der Waals surface area (Å²) >= 11 is 0. The average Bonchev–Trinajstić information content (AvgIpc) is 2.94. The van der Waals surface area contributed by atoms with E-state index in [0.717, 1.165) is 23.0 Å². The van der Waals surface area contributed by atoms with Gasteiger partial charge in [-0.2, -0.15) is 0 Å². The van der Waals surface area contributed by atoms with Crippen LogP contribution in [0.4, 0.5) is 0 Å². The van der Waals surface area contributed by atoms with Crippen LogP contribution in [0.1, 0.15) is 24.1 Å². The second-order valence-corrected chi connectivity index (χ2v) is 5.45. The Labute approximate surface area is 148 Å². The van der Waals surface area contributed by atoms with E-state index in [1.54, 1.807) is 6.08 Å². The van der Waals surface area contributed by atoms with Crippen LogP contribution in [0.15, 0.2) is 41.9 Å². The molecule has 0 amide bonds. The average molecular weight is 342 g/mol. The predicted molar refractivity (Wildman–Crippen MR) is 99.5 cm³/mol. The van der Waals surface area contributed by atoms with Gasteiger partial charge in [-0.25, -0.2) is 4.99 Å². The van der Waals surface area contributed by atoms with Gasteiger partial charge in [-0.3, -0.25) is 0 Å². The smallest absolute Gasteiger partial charge is 0.192 e. The summed E-state index contributed by atoms with van der Waals surface area (Å²) in [5.41, 5.74) is 1.04. The van der Waals surface area contributed by atoms with E-state index in [2.05, 4.69) is 32.4 Å². The molecule has 2 N–H and O–H groups in total. The fraction of sp³-hybridized carbons (Fsp3) is 0.389. The van der Waals surface area contributed by atoms with Crippen molar-refractivity contribution in [3.63, 3.8) is 0 Å². The number of rotatable bonds is 8. The number of aromatic nitrogens is 3. The van der Waals surface area contributed by atoms with E-state index in [0.29, 0.717) is 32.2 Å². The number of para-hydroxylation sites is 1. The molecule has 0 unspecified atom stereocenters. The second-order valence-electron chi connectivity index (χ2n) is 5.45. The van der Waals surface area contributed by atoms with E-state index >= 15 is 0 Å². The summed E-state index contributed by atoms with van der Waals surface area (Å²) in [6.45, 7) is 9.93. The van der Waals surface area contributed by atoms with Crippen LogP contribution >= 0.6 is 0 Å². The summed E-state index contributed by atoms with van der Waals surface area (Å²) in [6, 6.07) is 7.93. The van der Waals surface area contributed by atoms with Gasteiger partial charge in [0.1, 0.15) is 11.6 Å². The first-order chi connectivity index (χ1) is 12.2. The lowest BCUT2D eigenvalue weighted by Gasteiger charge is -2.12. The third kappa shape index (κ3) is 5.34. The van der Waals surface area contributed by atoms with Crippen molar-refractivity contribution < 1.29 is 4.74 Å². The van der Waals surface area contributed by atoms with E-state index in [9.17, 15) is 0 Å². The van der Waals surface area contributed by atoms with Gasteiger partial charge in [-0.1, -0.05) is 24.3 Å². The number of aliphatic imine (C=N–C) groups is 1. The van der Waals surface area contributed by atoms with Gasteiger partial charge in [-0.15, -0.1) is 16.8 Å². The Bertz CT molecular complexity index is 722. The molecule has 0 aliphatic carbocycles. The first-order valence-corrected chi connectivity index (χ1v) is 8.34. The molecule has 1 aromatic carbocycles. The van der Waals surface area contributed by atoms with Crippen LogP contribution in [0.5, 0.6) is 5.75 Å². The lowest BCUT2D eigenvalue weighted by atomic mass is 10.2. The van der Waals surface area contributed by atoms with Crippen molar-refractivity contribution in [2.24, 2.45) is 12.0 Å². The zero-order chi connectivity index (χ0) is 18.1. The fourth-order valence-electron chi connectivity index (χ4n) is 2.21. The van der Waals surface area contributed by atoms with Crippen molar-refractivity contribution >= 4 is 5.96 Å². The third-order valence-corrected chi connectivity index (χ3v) is 3.69. The standard InChI is InChI=1S/C18H26N6O/c1-5-11-19-18(21-13-17-23-22-14(3)24(17)4)20-12-15-9-7-8-10-16(15)25-6-2/h5,7-10H,1,6,11-13H2,2-4H3,(H2,19,20,21). The van der Waals surface area contributed by atoms with E-state index in [1.165, 1.54) is 0 Å². The second kappa shape index (κ2) is 9.46. The summed E-state index contributed by atoms with van der Waals surface area (Å²) in [7, 11) is 1.94. The molecule has 0 saturated carbocycles. The van der Waals surface area contributed by atoms with E-state index in [1.807, 2.05) is 49.7 Å². The van der Waals surface area contributed by atoms with Crippen LogP contribution in [0.3, 0.4) is 0 Å². The molecule has 0 spiro atoms. The van der Waals surface area contributed by atoms with Gasteiger partial charge in [0.15, 0.2) is 11.8 Å². The van der Waals surface area contributed by atoms with Crippen LogP contribution in [0, 0.1) is 6.92 Å². The van der Waals surface area contributed by atoms with Crippen molar-refractivity contribution in [3.05, 3.63) is 54.1 Å². The van der Waals surface area contributed by atoms with Crippen molar-refractivity contribution in [2.75, 3.05) is 13.2 Å². The zero-order valence-electron chi connectivity index (χ0n) is 15.1. The molecule has 0 radical (unpaired) electrons. The van der Waals surface area contributed by atoms with Crippen molar-refractivity contribution in [1.82, 2.24) is 25.4 Å². The summed E-state index contributed by atoms with van der Waals surface area (Å²) in [5, 5.41) is 14.7. The molecule has 0 saturated heterocycles. The van der Waals surface area contributed by atoms with Crippen LogP contribution in [-0.2, 0) is 20.1 Å². The summed E-state index contributed by atoms with van der Waals surface area (Å²) in [5.74, 6) is 3.27. The highest BCUT2D eigenvalue weighted by Gasteiger charge is 2.07. The molecule has 134 valence electrons. The molecule has 7 heteroatoms. The minimum atomic E-state index is 0.514. The molecule has 25 heavy (non-hydrogen) atoms. The number of nitrogens with zero attached hydrogens (tertiary/aromatic N) is 4. The highest BCUT2D eigenvalue weighted by molar-refractivity contribution is 5.79. The normalized spacial score (nSPS) is 11.2. The summed E-state index contributed by atoms with van der Waals surface area (Å²) < 4.78 is 7.60. The van der Waals surface area contributed by atoms with Gasteiger partial charge in [0.2, 0.25) is 0 Å². The Kier molecular flexibility index (Phi) is 7.00. The largest absolute Gasteiger partial charge is 0.494 e. The first kappa shape index (κ1) is 18.5. The van der Waals surface area contributed by atoms with E-state index in [4.69, 9.17) is 4.74 Å². The molecule has 0 bridgehead atoms. The van der Waals surface area contributed by atoms with Crippen molar-refractivity contribution in [3.8, 4) is 5.75 Å². The first-order valence-electron chi connectivity index (χ1n) is 8.34. The molecule has 2 rings (SSSR count). The topological polar surface area (TPSA) is 76.4 Å². The van der Waals surface area contributed by atoms with E-state index in [-0.39, 0.29) is 0 Å². The van der Waals surface area contributed by atoms with E-state index < -0.39 is 0 Å². The maximum absolute atomic E-state index is 5.65. The lowest BCUT2D eigenvalue weighted by Crippen LogP contribution is -2.37. The lowest BCUT2D eigenvalue weighted by molar-refractivity contribution is 0.336.